The molecule has 27 heavy (non-hydrogen) atoms. The molecule has 3 rings (SSSR count). The van der Waals surface area contributed by atoms with Crippen molar-refractivity contribution in [3.8, 4) is 22.9 Å². The molecular weight excluding hydrogens is 368 g/mol. The minimum Gasteiger partial charge on any atom is -0.493 e. The molecule has 142 valence electrons. The van der Waals surface area contributed by atoms with Gasteiger partial charge < -0.3 is 9.47 Å². The number of nitrogens with one attached hydrogen (secondary N) is 1. The van der Waals surface area contributed by atoms with E-state index < -0.39 is 10.0 Å². The molecule has 0 spiro atoms. The van der Waals surface area contributed by atoms with Gasteiger partial charge in [-0.15, -0.1) is 0 Å². The van der Waals surface area contributed by atoms with Crippen LogP contribution in [0.3, 0.4) is 0 Å². The van der Waals surface area contributed by atoms with Gasteiger partial charge in [-0.1, -0.05) is 6.07 Å². The van der Waals surface area contributed by atoms with Gasteiger partial charge in [0.05, 0.1) is 31.4 Å². The summed E-state index contributed by atoms with van der Waals surface area (Å²) in [5, 5.41) is 4.41. The summed E-state index contributed by atoms with van der Waals surface area (Å²) in [6, 6.07) is 11.9. The van der Waals surface area contributed by atoms with E-state index in [1.807, 2.05) is 24.3 Å². The maximum atomic E-state index is 12.5. The first-order valence-corrected chi connectivity index (χ1v) is 9.68. The molecule has 0 unspecified atom stereocenters. The number of benzene rings is 1. The van der Waals surface area contributed by atoms with E-state index in [2.05, 4.69) is 14.8 Å². The number of nitrogens with zero attached hydrogens (tertiary/aromatic N) is 3. The van der Waals surface area contributed by atoms with E-state index in [4.69, 9.17) is 9.47 Å². The molecule has 0 fully saturated rings. The van der Waals surface area contributed by atoms with Crippen molar-refractivity contribution in [2.75, 3.05) is 20.8 Å². The van der Waals surface area contributed by atoms with Crippen LogP contribution < -0.4 is 14.2 Å². The second-order valence-corrected chi connectivity index (χ2v) is 7.36. The first-order chi connectivity index (χ1) is 13.0. The molecule has 0 saturated carbocycles. The van der Waals surface area contributed by atoms with Gasteiger partial charge >= 0.3 is 0 Å². The minimum atomic E-state index is -3.67. The van der Waals surface area contributed by atoms with Crippen molar-refractivity contribution in [3.05, 3.63) is 54.9 Å². The Kier molecular flexibility index (Phi) is 5.72. The van der Waals surface area contributed by atoms with E-state index >= 15 is 0 Å². The summed E-state index contributed by atoms with van der Waals surface area (Å²) in [4.78, 5) is 4.35. The highest BCUT2D eigenvalue weighted by Crippen LogP contribution is 2.29. The molecule has 0 atom stereocenters. The third kappa shape index (κ3) is 4.44. The topological polar surface area (TPSA) is 95.3 Å². The van der Waals surface area contributed by atoms with Crippen LogP contribution in [-0.2, 0) is 16.6 Å². The second kappa shape index (κ2) is 8.19. The van der Waals surface area contributed by atoms with Crippen LogP contribution in [-0.4, -0.2) is 43.9 Å². The Bertz CT molecular complexity index is 1000. The largest absolute Gasteiger partial charge is 0.493 e. The summed E-state index contributed by atoms with van der Waals surface area (Å²) < 4.78 is 39.4. The predicted molar refractivity (Wildman–Crippen MR) is 100 cm³/mol. The Morgan fingerprint density at radius 1 is 1.04 bits per heavy atom. The summed E-state index contributed by atoms with van der Waals surface area (Å²) >= 11 is 0. The molecule has 1 aromatic carbocycles. The molecule has 0 aliphatic rings. The van der Waals surface area contributed by atoms with Gasteiger partial charge in [0.2, 0.25) is 10.0 Å². The van der Waals surface area contributed by atoms with Crippen molar-refractivity contribution in [2.45, 2.75) is 11.4 Å². The fourth-order valence-electron chi connectivity index (χ4n) is 2.50. The van der Waals surface area contributed by atoms with E-state index in [1.165, 1.54) is 26.4 Å². The maximum absolute atomic E-state index is 12.5. The Hall–Kier alpha value is -2.91. The fourth-order valence-corrected chi connectivity index (χ4v) is 3.53. The smallest absolute Gasteiger partial charge is 0.240 e. The van der Waals surface area contributed by atoms with Crippen LogP contribution in [0.15, 0.2) is 59.8 Å². The van der Waals surface area contributed by atoms with Crippen LogP contribution in [0.1, 0.15) is 0 Å². The van der Waals surface area contributed by atoms with Crippen LogP contribution in [0.2, 0.25) is 0 Å². The fraction of sp³-hybridized carbons (Fsp3) is 0.222. The van der Waals surface area contributed by atoms with Crippen LogP contribution in [0.25, 0.3) is 11.4 Å². The minimum absolute atomic E-state index is 0.106. The third-order valence-electron chi connectivity index (χ3n) is 3.87. The van der Waals surface area contributed by atoms with Gasteiger partial charge in [-0.25, -0.2) is 13.1 Å². The van der Waals surface area contributed by atoms with E-state index in [-0.39, 0.29) is 11.4 Å². The van der Waals surface area contributed by atoms with Gasteiger partial charge in [-0.3, -0.25) is 9.67 Å². The number of methoxy groups -OCH3 is 2. The van der Waals surface area contributed by atoms with Crippen molar-refractivity contribution in [1.82, 2.24) is 19.5 Å². The number of rotatable bonds is 8. The van der Waals surface area contributed by atoms with Gasteiger partial charge in [-0.2, -0.15) is 5.10 Å². The van der Waals surface area contributed by atoms with Crippen LogP contribution in [0, 0.1) is 0 Å². The standard InChI is InChI=1S/C18H20N4O4S/c1-25-17-7-6-14(13-18(17)26-2)27(23,24)20-10-12-22-11-8-16(21-22)15-5-3-4-9-19-15/h3-9,11,13,20H,10,12H2,1-2H3. The molecule has 0 amide bonds. The number of hydrogen-bond donors (Lipinski definition) is 1. The zero-order valence-corrected chi connectivity index (χ0v) is 15.8. The highest BCUT2D eigenvalue weighted by Gasteiger charge is 2.16. The van der Waals surface area contributed by atoms with E-state index in [0.717, 1.165) is 11.4 Å². The molecule has 3 aromatic rings. The number of sulfonamides is 1. The molecular formula is C18H20N4O4S. The Labute approximate surface area is 157 Å². The average molecular weight is 388 g/mol. The van der Waals surface area contributed by atoms with Crippen molar-refractivity contribution < 1.29 is 17.9 Å². The van der Waals surface area contributed by atoms with Crippen LogP contribution in [0.4, 0.5) is 0 Å². The Morgan fingerprint density at radius 2 is 1.85 bits per heavy atom. The lowest BCUT2D eigenvalue weighted by Gasteiger charge is -2.11. The summed E-state index contributed by atoms with van der Waals surface area (Å²) in [6.45, 7) is 0.583. The van der Waals surface area contributed by atoms with Gasteiger partial charge in [0.1, 0.15) is 5.69 Å². The highest BCUT2D eigenvalue weighted by atomic mass is 32.2. The molecule has 0 aliphatic heterocycles. The molecule has 9 heteroatoms. The quantitative estimate of drug-likeness (QED) is 0.634. The molecule has 0 aliphatic carbocycles. The lowest BCUT2D eigenvalue weighted by Crippen LogP contribution is -2.27. The van der Waals surface area contributed by atoms with Crippen LogP contribution in [0.5, 0.6) is 11.5 Å². The van der Waals surface area contributed by atoms with Gasteiger partial charge in [-0.05, 0) is 30.3 Å². The third-order valence-corrected chi connectivity index (χ3v) is 5.32. The lowest BCUT2D eigenvalue weighted by atomic mass is 10.3. The first kappa shape index (κ1) is 18.9. The predicted octanol–water partition coefficient (Wildman–Crippen LogP) is 1.94. The highest BCUT2D eigenvalue weighted by molar-refractivity contribution is 7.89. The Morgan fingerprint density at radius 3 is 2.56 bits per heavy atom. The molecule has 8 nitrogen and oxygen atoms in total. The van der Waals surface area contributed by atoms with E-state index in [0.29, 0.717) is 18.0 Å². The van der Waals surface area contributed by atoms with Gasteiger partial charge in [0, 0.05) is 25.0 Å². The molecule has 0 bridgehead atoms. The second-order valence-electron chi connectivity index (χ2n) is 5.59. The number of pyridine rings is 1. The van der Waals surface area contributed by atoms with Gasteiger partial charge in [0.15, 0.2) is 11.5 Å². The van der Waals surface area contributed by atoms with Crippen molar-refractivity contribution >= 4 is 10.0 Å². The zero-order valence-electron chi connectivity index (χ0n) is 15.0. The number of hydrogen-bond acceptors (Lipinski definition) is 6. The normalized spacial score (nSPS) is 11.3. The van der Waals surface area contributed by atoms with Crippen molar-refractivity contribution in [2.24, 2.45) is 0 Å². The summed E-state index contributed by atoms with van der Waals surface area (Å²) in [6.07, 6.45) is 3.49. The molecule has 2 heterocycles. The first-order valence-electron chi connectivity index (χ1n) is 8.20. The van der Waals surface area contributed by atoms with E-state index in [9.17, 15) is 8.42 Å². The molecule has 2 aromatic heterocycles. The molecule has 0 saturated heterocycles. The summed E-state index contributed by atoms with van der Waals surface area (Å²) in [7, 11) is -0.722. The number of ether oxygens (including phenoxy) is 2. The summed E-state index contributed by atoms with van der Waals surface area (Å²) in [5.74, 6) is 0.822. The zero-order chi connectivity index (χ0) is 19.3. The molecule has 0 radical (unpaired) electrons. The average Bonchev–Trinajstić information content (AvgIpc) is 3.17. The maximum Gasteiger partial charge on any atom is 0.240 e. The molecule has 1 N–H and O–H groups in total. The van der Waals surface area contributed by atoms with Crippen molar-refractivity contribution in [3.63, 3.8) is 0 Å². The van der Waals surface area contributed by atoms with Gasteiger partial charge in [0.25, 0.3) is 0 Å². The number of aromatic nitrogens is 3. The van der Waals surface area contributed by atoms with Crippen molar-refractivity contribution in [1.29, 1.82) is 0 Å². The van der Waals surface area contributed by atoms with E-state index in [1.54, 1.807) is 23.1 Å². The lowest BCUT2D eigenvalue weighted by molar-refractivity contribution is 0.354. The Balaban J connectivity index is 1.64. The SMILES string of the molecule is COc1ccc(S(=O)(=O)NCCn2ccc(-c3ccccn3)n2)cc1OC. The monoisotopic (exact) mass is 388 g/mol. The summed E-state index contributed by atoms with van der Waals surface area (Å²) in [5.41, 5.74) is 1.50. The van der Waals surface area contributed by atoms with Crippen LogP contribution >= 0.6 is 0 Å².